The third-order valence-electron chi connectivity index (χ3n) is 4.22. The fourth-order valence-corrected chi connectivity index (χ4v) is 3.20. The monoisotopic (exact) mass is 412 g/mol. The molecule has 7 nitrogen and oxygen atoms in total. The third kappa shape index (κ3) is 5.32. The maximum atomic E-state index is 12.3. The lowest BCUT2D eigenvalue weighted by Crippen LogP contribution is -2.30. The van der Waals surface area contributed by atoms with E-state index in [2.05, 4.69) is 5.32 Å². The number of carbonyl (C=O) groups excluding carboxylic acids is 3. The number of amides is 2. The van der Waals surface area contributed by atoms with Gasteiger partial charge in [-0.1, -0.05) is 6.07 Å². The van der Waals surface area contributed by atoms with Gasteiger partial charge in [0.25, 0.3) is 11.8 Å². The van der Waals surface area contributed by atoms with E-state index in [1.807, 2.05) is 16.8 Å². The van der Waals surface area contributed by atoms with Crippen LogP contribution in [0.3, 0.4) is 0 Å². The Morgan fingerprint density at radius 3 is 2.72 bits per heavy atom. The lowest BCUT2D eigenvalue weighted by molar-refractivity contribution is -0.133. The number of esters is 1. The van der Waals surface area contributed by atoms with Crippen LogP contribution in [-0.4, -0.2) is 36.3 Å². The molecule has 0 radical (unpaired) electrons. The molecule has 3 rings (SSSR count). The molecule has 0 bridgehead atoms. The molecule has 29 heavy (non-hydrogen) atoms. The molecule has 0 atom stereocenters. The van der Waals surface area contributed by atoms with Gasteiger partial charge in [-0.05, 0) is 59.1 Å². The molecule has 1 N–H and O–H groups in total. The van der Waals surface area contributed by atoms with E-state index in [4.69, 9.17) is 9.15 Å². The number of rotatable bonds is 7. The quantitative estimate of drug-likeness (QED) is 0.598. The number of nitrogens with one attached hydrogen (secondary N) is 1. The Labute approximate surface area is 171 Å². The topological polar surface area (TPSA) is 88.9 Å². The predicted molar refractivity (Wildman–Crippen MR) is 109 cm³/mol. The molecule has 0 unspecified atom stereocenters. The van der Waals surface area contributed by atoms with Gasteiger partial charge in [-0.25, -0.2) is 4.79 Å². The number of hydrogen-bond acceptors (Lipinski definition) is 6. The first-order valence-electron chi connectivity index (χ1n) is 8.81. The molecule has 0 aliphatic rings. The van der Waals surface area contributed by atoms with Crippen molar-refractivity contribution in [3.63, 3.8) is 0 Å². The van der Waals surface area contributed by atoms with Crippen LogP contribution in [0.1, 0.15) is 32.0 Å². The van der Waals surface area contributed by atoms with Crippen LogP contribution >= 0.6 is 11.3 Å². The van der Waals surface area contributed by atoms with Gasteiger partial charge in [0, 0.05) is 19.3 Å². The minimum atomic E-state index is -0.643. The highest BCUT2D eigenvalue weighted by Crippen LogP contribution is 2.19. The summed E-state index contributed by atoms with van der Waals surface area (Å²) in [6.07, 6.45) is 1.40. The number of aryl methyl sites for hydroxylation is 1. The van der Waals surface area contributed by atoms with Crippen LogP contribution in [-0.2, 0) is 16.1 Å². The molecule has 150 valence electrons. The van der Waals surface area contributed by atoms with Gasteiger partial charge in [0.15, 0.2) is 12.4 Å². The van der Waals surface area contributed by atoms with Crippen molar-refractivity contribution in [1.29, 1.82) is 0 Å². The Bertz CT molecular complexity index is 996. The highest BCUT2D eigenvalue weighted by Gasteiger charge is 2.16. The predicted octanol–water partition coefficient (Wildman–Crippen LogP) is 3.72. The zero-order valence-electron chi connectivity index (χ0n) is 16.0. The van der Waals surface area contributed by atoms with E-state index in [0.29, 0.717) is 12.2 Å². The summed E-state index contributed by atoms with van der Waals surface area (Å²) in [5, 5.41) is 6.60. The lowest BCUT2D eigenvalue weighted by atomic mass is 10.1. The van der Waals surface area contributed by atoms with Crippen LogP contribution in [0.25, 0.3) is 0 Å². The summed E-state index contributed by atoms with van der Waals surface area (Å²) in [7, 11) is 1.65. The van der Waals surface area contributed by atoms with Gasteiger partial charge in [-0.2, -0.15) is 11.3 Å². The number of benzene rings is 1. The van der Waals surface area contributed by atoms with Crippen LogP contribution in [0.4, 0.5) is 5.69 Å². The average molecular weight is 412 g/mol. The first-order valence-corrected chi connectivity index (χ1v) is 9.76. The Hall–Kier alpha value is -3.39. The Morgan fingerprint density at radius 2 is 2.03 bits per heavy atom. The van der Waals surface area contributed by atoms with Gasteiger partial charge in [0.05, 0.1) is 11.8 Å². The smallest absolute Gasteiger partial charge is 0.338 e. The molecule has 0 aliphatic carbocycles. The fourth-order valence-electron chi connectivity index (χ4n) is 2.54. The molecule has 0 aliphatic heterocycles. The molecule has 1 aromatic carbocycles. The van der Waals surface area contributed by atoms with Crippen LogP contribution in [0.5, 0.6) is 0 Å². The number of hydrogen-bond donors (Lipinski definition) is 1. The van der Waals surface area contributed by atoms with Crippen molar-refractivity contribution in [3.8, 4) is 0 Å². The molecule has 8 heteroatoms. The van der Waals surface area contributed by atoms with Gasteiger partial charge in [-0.15, -0.1) is 0 Å². The summed E-state index contributed by atoms with van der Waals surface area (Å²) >= 11 is 1.56. The number of carbonyl (C=O) groups is 3. The standard InChI is InChI=1S/C21H20N2O5S/c1-14-5-6-16(10-17(14)22-20(25)18-4-3-8-27-18)21(26)28-12-19(24)23(2)11-15-7-9-29-13-15/h3-10,13H,11-12H2,1-2H3,(H,22,25). The average Bonchev–Trinajstić information content (AvgIpc) is 3.41. The molecular weight excluding hydrogens is 392 g/mol. The van der Waals surface area contributed by atoms with Gasteiger partial charge >= 0.3 is 5.97 Å². The van der Waals surface area contributed by atoms with Gasteiger partial charge < -0.3 is 19.4 Å². The van der Waals surface area contributed by atoms with Crippen LogP contribution < -0.4 is 5.32 Å². The maximum Gasteiger partial charge on any atom is 0.338 e. The van der Waals surface area contributed by atoms with Crippen molar-refractivity contribution in [3.05, 3.63) is 75.9 Å². The van der Waals surface area contributed by atoms with Gasteiger partial charge in [0.1, 0.15) is 0 Å². The highest BCUT2D eigenvalue weighted by atomic mass is 32.1. The number of thiophene rings is 1. The van der Waals surface area contributed by atoms with Crippen LogP contribution in [0.2, 0.25) is 0 Å². The summed E-state index contributed by atoms with van der Waals surface area (Å²) in [6.45, 7) is 1.89. The Morgan fingerprint density at radius 1 is 1.21 bits per heavy atom. The lowest BCUT2D eigenvalue weighted by Gasteiger charge is -2.16. The highest BCUT2D eigenvalue weighted by molar-refractivity contribution is 7.07. The molecule has 2 amide bonds. The van der Waals surface area contributed by atoms with Crippen molar-refractivity contribution in [2.24, 2.45) is 0 Å². The number of likely N-dealkylation sites (N-methyl/N-ethyl adjacent to an activating group) is 1. The van der Waals surface area contributed by atoms with E-state index in [1.54, 1.807) is 49.6 Å². The molecule has 2 aromatic heterocycles. The second-order valence-electron chi connectivity index (χ2n) is 6.42. The fraction of sp³-hybridized carbons (Fsp3) is 0.190. The van der Waals surface area contributed by atoms with E-state index in [1.165, 1.54) is 17.2 Å². The maximum absolute atomic E-state index is 12.3. The van der Waals surface area contributed by atoms with Crippen molar-refractivity contribution in [2.45, 2.75) is 13.5 Å². The van der Waals surface area contributed by atoms with E-state index >= 15 is 0 Å². The minimum Gasteiger partial charge on any atom is -0.459 e. The summed E-state index contributed by atoms with van der Waals surface area (Å²) in [4.78, 5) is 38.2. The third-order valence-corrected chi connectivity index (χ3v) is 4.95. The molecule has 0 saturated carbocycles. The zero-order chi connectivity index (χ0) is 20.8. The molecule has 0 fully saturated rings. The molecule has 0 spiro atoms. The first kappa shape index (κ1) is 20.3. The van der Waals surface area contributed by atoms with Crippen molar-refractivity contribution in [1.82, 2.24) is 4.90 Å². The summed E-state index contributed by atoms with van der Waals surface area (Å²) in [6, 6.07) is 9.88. The van der Waals surface area contributed by atoms with E-state index in [-0.39, 0.29) is 23.8 Å². The number of nitrogens with zero attached hydrogens (tertiary/aromatic N) is 1. The summed E-state index contributed by atoms with van der Waals surface area (Å²) in [5.41, 5.74) is 2.49. The largest absolute Gasteiger partial charge is 0.459 e. The SMILES string of the molecule is Cc1ccc(C(=O)OCC(=O)N(C)Cc2ccsc2)cc1NC(=O)c1ccco1. The summed E-state index contributed by atoms with van der Waals surface area (Å²) in [5.74, 6) is -1.20. The van der Waals surface area contributed by atoms with Gasteiger partial charge in [0.2, 0.25) is 0 Å². The normalized spacial score (nSPS) is 10.4. The first-order chi connectivity index (χ1) is 13.9. The van der Waals surface area contributed by atoms with E-state index in [9.17, 15) is 14.4 Å². The second kappa shape index (κ2) is 9.20. The number of furan rings is 1. The van der Waals surface area contributed by atoms with Crippen LogP contribution in [0.15, 0.2) is 57.8 Å². The van der Waals surface area contributed by atoms with Crippen molar-refractivity contribution < 1.29 is 23.5 Å². The number of ether oxygens (including phenoxy) is 1. The van der Waals surface area contributed by atoms with Crippen molar-refractivity contribution in [2.75, 3.05) is 19.0 Å². The molecule has 3 aromatic rings. The van der Waals surface area contributed by atoms with E-state index in [0.717, 1.165) is 11.1 Å². The molecular formula is C21H20N2O5S. The Kier molecular flexibility index (Phi) is 6.46. The van der Waals surface area contributed by atoms with Crippen LogP contribution in [0, 0.1) is 6.92 Å². The minimum absolute atomic E-state index is 0.164. The molecule has 0 saturated heterocycles. The molecule has 2 heterocycles. The van der Waals surface area contributed by atoms with Crippen molar-refractivity contribution >= 4 is 34.8 Å². The Balaban J connectivity index is 1.59. The number of anilines is 1. The van der Waals surface area contributed by atoms with Gasteiger partial charge in [-0.3, -0.25) is 9.59 Å². The van der Waals surface area contributed by atoms with E-state index < -0.39 is 11.9 Å². The zero-order valence-corrected chi connectivity index (χ0v) is 16.8. The second-order valence-corrected chi connectivity index (χ2v) is 7.20. The summed E-state index contributed by atoms with van der Waals surface area (Å²) < 4.78 is 10.2.